The number of esters is 3. The van der Waals surface area contributed by atoms with Crippen LogP contribution in [0, 0.1) is 0 Å². The molecule has 12 heteroatoms. The Balaban J connectivity index is 2.70. The van der Waals surface area contributed by atoms with Crippen molar-refractivity contribution < 1.29 is 58.2 Å². The van der Waals surface area contributed by atoms with Crippen molar-refractivity contribution in [3.63, 3.8) is 0 Å². The summed E-state index contributed by atoms with van der Waals surface area (Å²) < 4.78 is 28.3. The molecule has 6 atom stereocenters. The Morgan fingerprint density at radius 1 is 0.466 bits per heavy atom. The number of carbonyl (C=O) groups excluding carboxylic acids is 3. The summed E-state index contributed by atoms with van der Waals surface area (Å²) in [6.07, 6.45) is 49.9. The largest absolute Gasteiger partial charge is 0.479 e. The molecular weight excluding hydrogens is 925 g/mol. The maximum absolute atomic E-state index is 13.1. The Hall–Kier alpha value is -4.10. The minimum absolute atomic E-state index is 0.0219. The Kier molecular flexibility index (Phi) is 44.7. The van der Waals surface area contributed by atoms with Crippen molar-refractivity contribution in [2.24, 2.45) is 0 Å². The van der Waals surface area contributed by atoms with E-state index in [-0.39, 0.29) is 25.9 Å². The van der Waals surface area contributed by atoms with Gasteiger partial charge in [0.1, 0.15) is 18.8 Å². The van der Waals surface area contributed by atoms with Gasteiger partial charge in [-0.1, -0.05) is 202 Å². The zero-order chi connectivity index (χ0) is 53.3. The number of unbranched alkanes of at least 4 members (excludes halogenated alkanes) is 19. The SMILES string of the molecule is CC/C=C\C/C=C\C/C=C\C/C=C\CCCCCCCCC(=O)OCC(COC1OC(C(=O)O)C(O)C(O)C1OC(=O)CCCCC/C=C\C/C=C\C/C=C\CC)OC(=O)CCCCCCCCCCCCC. The number of carbonyl (C=O) groups is 4. The predicted octanol–water partition coefficient (Wildman–Crippen LogP) is 14.3. The van der Waals surface area contributed by atoms with Gasteiger partial charge in [-0.3, -0.25) is 14.4 Å². The Bertz CT molecular complexity index is 1590. The van der Waals surface area contributed by atoms with Crippen LogP contribution in [0.4, 0.5) is 0 Å². The molecule has 1 rings (SSSR count). The highest BCUT2D eigenvalue weighted by Gasteiger charge is 2.50. The second-order valence-corrected chi connectivity index (χ2v) is 19.2. The molecule has 1 aliphatic heterocycles. The van der Waals surface area contributed by atoms with E-state index in [4.69, 9.17) is 23.7 Å². The van der Waals surface area contributed by atoms with Crippen molar-refractivity contribution in [1.82, 2.24) is 0 Å². The third-order valence-corrected chi connectivity index (χ3v) is 12.5. The summed E-state index contributed by atoms with van der Waals surface area (Å²) in [4.78, 5) is 51.0. The van der Waals surface area contributed by atoms with Crippen molar-refractivity contribution in [3.05, 3.63) is 85.1 Å². The second-order valence-electron chi connectivity index (χ2n) is 19.2. The highest BCUT2D eigenvalue weighted by molar-refractivity contribution is 5.74. The summed E-state index contributed by atoms with van der Waals surface area (Å²) in [6, 6.07) is 0. The molecule has 0 saturated carbocycles. The molecule has 1 heterocycles. The second kappa shape index (κ2) is 48.8. The van der Waals surface area contributed by atoms with Crippen molar-refractivity contribution in [1.29, 1.82) is 0 Å². The fourth-order valence-corrected chi connectivity index (χ4v) is 8.14. The monoisotopic (exact) mass is 1020 g/mol. The molecule has 1 aliphatic rings. The van der Waals surface area contributed by atoms with E-state index in [1.165, 1.54) is 44.9 Å². The lowest BCUT2D eigenvalue weighted by atomic mass is 9.98. The van der Waals surface area contributed by atoms with Crippen LogP contribution in [0.1, 0.15) is 226 Å². The average molecular weight is 1030 g/mol. The van der Waals surface area contributed by atoms with Gasteiger partial charge in [-0.2, -0.15) is 0 Å². The molecule has 416 valence electrons. The van der Waals surface area contributed by atoms with Gasteiger partial charge >= 0.3 is 23.9 Å². The summed E-state index contributed by atoms with van der Waals surface area (Å²) in [5.74, 6) is -3.18. The van der Waals surface area contributed by atoms with Crippen LogP contribution in [0.5, 0.6) is 0 Å². The maximum atomic E-state index is 13.1. The molecular formula is C61H100O12. The predicted molar refractivity (Wildman–Crippen MR) is 294 cm³/mol. The summed E-state index contributed by atoms with van der Waals surface area (Å²) in [5.41, 5.74) is 0. The number of carboxylic acids is 1. The number of hydrogen-bond acceptors (Lipinski definition) is 11. The smallest absolute Gasteiger partial charge is 0.335 e. The fourth-order valence-electron chi connectivity index (χ4n) is 8.14. The summed E-state index contributed by atoms with van der Waals surface area (Å²) in [7, 11) is 0. The molecule has 6 unspecified atom stereocenters. The molecule has 3 N–H and O–H groups in total. The first-order chi connectivity index (χ1) is 35.6. The van der Waals surface area contributed by atoms with E-state index in [2.05, 4.69) is 106 Å². The van der Waals surface area contributed by atoms with Gasteiger partial charge in [0, 0.05) is 19.3 Å². The number of rotatable bonds is 47. The van der Waals surface area contributed by atoms with Crippen LogP contribution in [-0.2, 0) is 42.9 Å². The van der Waals surface area contributed by atoms with E-state index in [9.17, 15) is 34.5 Å². The number of aliphatic carboxylic acids is 1. The van der Waals surface area contributed by atoms with Gasteiger partial charge < -0.3 is 39.0 Å². The van der Waals surface area contributed by atoms with Crippen LogP contribution in [0.3, 0.4) is 0 Å². The maximum Gasteiger partial charge on any atom is 0.335 e. The van der Waals surface area contributed by atoms with Crippen LogP contribution >= 0.6 is 0 Å². The number of hydrogen-bond donors (Lipinski definition) is 3. The minimum Gasteiger partial charge on any atom is -0.479 e. The van der Waals surface area contributed by atoms with Crippen LogP contribution in [0.2, 0.25) is 0 Å². The van der Waals surface area contributed by atoms with Gasteiger partial charge in [0.25, 0.3) is 0 Å². The molecule has 0 bridgehead atoms. The molecule has 1 saturated heterocycles. The number of allylic oxidation sites excluding steroid dienone is 14. The lowest BCUT2D eigenvalue weighted by Crippen LogP contribution is -2.61. The highest BCUT2D eigenvalue weighted by atomic mass is 16.7. The van der Waals surface area contributed by atoms with Crippen LogP contribution < -0.4 is 0 Å². The fraction of sp³-hybridized carbons (Fsp3) is 0.705. The molecule has 73 heavy (non-hydrogen) atoms. The lowest BCUT2D eigenvalue weighted by Gasteiger charge is -2.40. The van der Waals surface area contributed by atoms with E-state index in [0.29, 0.717) is 19.3 Å². The first-order valence-electron chi connectivity index (χ1n) is 28.6. The Labute approximate surface area is 441 Å². The standard InChI is InChI=1S/C61H100O12/c1-4-7-10-13-16-19-22-24-25-26-27-28-29-31-33-35-38-41-44-47-53(62)69-50-52(71-54(63)48-45-42-39-36-32-21-18-15-12-9-6-3)51-70-61-59(57(66)56(65)58(73-61)60(67)68)72-55(64)49-46-43-40-37-34-30-23-20-17-14-11-8-5-2/h7-8,10-11,16-17,19-20,24-25,27-28,30,34,52,56-59,61,65-66H,4-6,9,12-15,18,21-23,26,29,31-33,35-51H2,1-3H3,(H,67,68)/b10-7-,11-8-,19-16-,20-17-,25-24-,28-27-,34-30-. The summed E-state index contributed by atoms with van der Waals surface area (Å²) >= 11 is 0. The Morgan fingerprint density at radius 2 is 0.863 bits per heavy atom. The molecule has 0 amide bonds. The normalized spacial score (nSPS) is 18.9. The van der Waals surface area contributed by atoms with E-state index < -0.39 is 67.3 Å². The molecule has 0 aliphatic carbocycles. The van der Waals surface area contributed by atoms with E-state index >= 15 is 0 Å². The first kappa shape index (κ1) is 66.9. The van der Waals surface area contributed by atoms with Gasteiger partial charge in [-0.05, 0) is 89.9 Å². The molecule has 0 spiro atoms. The van der Waals surface area contributed by atoms with Gasteiger partial charge in [0.15, 0.2) is 24.6 Å². The molecule has 0 aromatic heterocycles. The average Bonchev–Trinajstić information content (AvgIpc) is 3.37. The van der Waals surface area contributed by atoms with E-state index in [1.54, 1.807) is 0 Å². The topological polar surface area (TPSA) is 175 Å². The van der Waals surface area contributed by atoms with Crippen LogP contribution in [0.25, 0.3) is 0 Å². The highest BCUT2D eigenvalue weighted by Crippen LogP contribution is 2.26. The zero-order valence-electron chi connectivity index (χ0n) is 45.6. The minimum atomic E-state index is -1.92. The third kappa shape index (κ3) is 39.0. The van der Waals surface area contributed by atoms with Crippen molar-refractivity contribution in [2.45, 2.75) is 263 Å². The van der Waals surface area contributed by atoms with Gasteiger partial charge in [0.05, 0.1) is 6.61 Å². The lowest BCUT2D eigenvalue weighted by molar-refractivity contribution is -0.301. The Morgan fingerprint density at radius 3 is 1.33 bits per heavy atom. The van der Waals surface area contributed by atoms with Gasteiger partial charge in [-0.25, -0.2) is 4.79 Å². The molecule has 0 aromatic carbocycles. The summed E-state index contributed by atoms with van der Waals surface area (Å²) in [5, 5.41) is 31.4. The van der Waals surface area contributed by atoms with Crippen LogP contribution in [0.15, 0.2) is 85.1 Å². The molecule has 1 fully saturated rings. The molecule has 0 radical (unpaired) electrons. The first-order valence-corrected chi connectivity index (χ1v) is 28.6. The number of aliphatic hydroxyl groups excluding tert-OH is 2. The van der Waals surface area contributed by atoms with Crippen molar-refractivity contribution in [2.75, 3.05) is 13.2 Å². The van der Waals surface area contributed by atoms with Crippen molar-refractivity contribution >= 4 is 23.9 Å². The number of ether oxygens (including phenoxy) is 5. The summed E-state index contributed by atoms with van der Waals surface area (Å²) in [6.45, 7) is 5.72. The number of carboxylic acid groups (broad SMARTS) is 1. The molecule has 12 nitrogen and oxygen atoms in total. The van der Waals surface area contributed by atoms with Gasteiger partial charge in [0.2, 0.25) is 0 Å². The number of aliphatic hydroxyl groups is 2. The van der Waals surface area contributed by atoms with E-state index in [0.717, 1.165) is 122 Å². The molecule has 0 aromatic rings. The van der Waals surface area contributed by atoms with Crippen LogP contribution in [-0.4, -0.2) is 89.2 Å². The third-order valence-electron chi connectivity index (χ3n) is 12.5. The van der Waals surface area contributed by atoms with E-state index in [1.807, 2.05) is 0 Å². The van der Waals surface area contributed by atoms with Crippen molar-refractivity contribution in [3.8, 4) is 0 Å². The zero-order valence-corrected chi connectivity index (χ0v) is 45.6. The quantitative estimate of drug-likeness (QED) is 0.0228. The van der Waals surface area contributed by atoms with Gasteiger partial charge in [-0.15, -0.1) is 0 Å².